The van der Waals surface area contributed by atoms with E-state index in [0.29, 0.717) is 37.1 Å². The van der Waals surface area contributed by atoms with Crippen molar-refractivity contribution in [2.75, 3.05) is 26.2 Å². The number of carbonyl (C=O) groups excluding carboxylic acids is 2. The van der Waals surface area contributed by atoms with E-state index in [1.165, 1.54) is 12.5 Å². The molecule has 3 rings (SSSR count). The Labute approximate surface area is 142 Å². The topological polar surface area (TPSA) is 40.6 Å². The van der Waals surface area contributed by atoms with Crippen LogP contribution in [-0.4, -0.2) is 47.8 Å². The normalized spacial score (nSPS) is 19.4. The molecule has 24 heavy (non-hydrogen) atoms. The maximum absolute atomic E-state index is 13.7. The summed E-state index contributed by atoms with van der Waals surface area (Å²) in [7, 11) is 0. The maximum Gasteiger partial charge on any atom is 0.253 e. The third-order valence-electron chi connectivity index (χ3n) is 5.22. The number of carbonyl (C=O) groups is 2. The molecule has 2 heterocycles. The lowest BCUT2D eigenvalue weighted by atomic mass is 9.94. The fourth-order valence-electron chi connectivity index (χ4n) is 3.61. The van der Waals surface area contributed by atoms with Gasteiger partial charge in [-0.1, -0.05) is 6.07 Å². The van der Waals surface area contributed by atoms with E-state index in [-0.39, 0.29) is 23.5 Å². The molecule has 1 aromatic rings. The van der Waals surface area contributed by atoms with Crippen molar-refractivity contribution in [2.24, 2.45) is 5.92 Å². The Morgan fingerprint density at radius 1 is 1.00 bits per heavy atom. The van der Waals surface area contributed by atoms with Gasteiger partial charge >= 0.3 is 0 Å². The molecule has 0 aliphatic carbocycles. The molecule has 130 valence electrons. The Morgan fingerprint density at radius 3 is 2.29 bits per heavy atom. The SMILES string of the molecule is Cc1ccc(C(=O)N2CCC(C(=O)N3CCCCC3)CC2)cc1F. The molecule has 0 saturated carbocycles. The van der Waals surface area contributed by atoms with E-state index in [0.717, 1.165) is 25.9 Å². The lowest BCUT2D eigenvalue weighted by Gasteiger charge is -2.35. The van der Waals surface area contributed by atoms with Gasteiger partial charge < -0.3 is 9.80 Å². The Kier molecular flexibility index (Phi) is 5.17. The number of benzene rings is 1. The van der Waals surface area contributed by atoms with Gasteiger partial charge in [0.15, 0.2) is 0 Å². The Hall–Kier alpha value is -1.91. The Morgan fingerprint density at radius 2 is 1.67 bits per heavy atom. The zero-order chi connectivity index (χ0) is 17.1. The summed E-state index contributed by atoms with van der Waals surface area (Å²) in [6.07, 6.45) is 4.82. The largest absolute Gasteiger partial charge is 0.342 e. The van der Waals surface area contributed by atoms with Gasteiger partial charge in [0, 0.05) is 37.7 Å². The molecule has 0 N–H and O–H groups in total. The summed E-state index contributed by atoms with van der Waals surface area (Å²) in [5, 5.41) is 0. The minimum absolute atomic E-state index is 0.0295. The molecular formula is C19H25FN2O2. The van der Waals surface area contributed by atoms with E-state index >= 15 is 0 Å². The second-order valence-electron chi connectivity index (χ2n) is 6.92. The van der Waals surface area contributed by atoms with Crippen molar-refractivity contribution in [3.05, 3.63) is 35.1 Å². The standard InChI is InChI=1S/C19H25FN2O2/c1-14-5-6-16(13-17(14)20)19(24)22-11-7-15(8-12-22)18(23)21-9-3-2-4-10-21/h5-6,13,15H,2-4,7-12H2,1H3. The second kappa shape index (κ2) is 7.32. The molecule has 2 aliphatic heterocycles. The number of nitrogens with zero attached hydrogens (tertiary/aromatic N) is 2. The summed E-state index contributed by atoms with van der Waals surface area (Å²) in [4.78, 5) is 28.8. The summed E-state index contributed by atoms with van der Waals surface area (Å²) in [6.45, 7) is 4.57. The first-order valence-corrected chi connectivity index (χ1v) is 8.90. The summed E-state index contributed by atoms with van der Waals surface area (Å²) in [5.74, 6) is -0.209. The van der Waals surface area contributed by atoms with Crippen molar-refractivity contribution in [1.29, 1.82) is 0 Å². The van der Waals surface area contributed by atoms with Gasteiger partial charge in [0.1, 0.15) is 5.82 Å². The number of piperidine rings is 2. The average Bonchev–Trinajstić information content (AvgIpc) is 2.63. The highest BCUT2D eigenvalue weighted by atomic mass is 19.1. The van der Waals surface area contributed by atoms with Crippen LogP contribution in [0.4, 0.5) is 4.39 Å². The number of hydrogen-bond donors (Lipinski definition) is 0. The van der Waals surface area contributed by atoms with Crippen molar-refractivity contribution >= 4 is 11.8 Å². The van der Waals surface area contributed by atoms with Gasteiger partial charge in [-0.15, -0.1) is 0 Å². The Balaban J connectivity index is 1.57. The highest BCUT2D eigenvalue weighted by Gasteiger charge is 2.31. The van der Waals surface area contributed by atoms with Crippen LogP contribution in [0.3, 0.4) is 0 Å². The summed E-state index contributed by atoms with van der Waals surface area (Å²) >= 11 is 0. The van der Waals surface area contributed by atoms with Crippen molar-refractivity contribution in [2.45, 2.75) is 39.0 Å². The fraction of sp³-hybridized carbons (Fsp3) is 0.579. The number of aryl methyl sites for hydroxylation is 1. The second-order valence-corrected chi connectivity index (χ2v) is 6.92. The molecule has 0 radical (unpaired) electrons. The lowest BCUT2D eigenvalue weighted by Crippen LogP contribution is -2.45. The van der Waals surface area contributed by atoms with Crippen molar-refractivity contribution in [3.8, 4) is 0 Å². The predicted octanol–water partition coefficient (Wildman–Crippen LogP) is 3.00. The number of amides is 2. The molecular weight excluding hydrogens is 307 g/mol. The number of likely N-dealkylation sites (tertiary alicyclic amines) is 2. The minimum atomic E-state index is -0.351. The zero-order valence-corrected chi connectivity index (χ0v) is 14.3. The molecule has 0 aromatic heterocycles. The van der Waals surface area contributed by atoms with Crippen LogP contribution in [0.15, 0.2) is 18.2 Å². The van der Waals surface area contributed by atoms with Gasteiger partial charge in [-0.3, -0.25) is 9.59 Å². The smallest absolute Gasteiger partial charge is 0.253 e. The average molecular weight is 332 g/mol. The molecule has 2 saturated heterocycles. The highest BCUT2D eigenvalue weighted by molar-refractivity contribution is 5.94. The first-order valence-electron chi connectivity index (χ1n) is 8.90. The van der Waals surface area contributed by atoms with Crippen LogP contribution in [0, 0.1) is 18.7 Å². The van der Waals surface area contributed by atoms with E-state index in [1.807, 2.05) is 4.90 Å². The summed E-state index contributed by atoms with van der Waals surface area (Å²) in [6, 6.07) is 4.61. The quantitative estimate of drug-likeness (QED) is 0.835. The van der Waals surface area contributed by atoms with Crippen LogP contribution in [0.1, 0.15) is 48.0 Å². The molecule has 1 aromatic carbocycles. The number of halogens is 1. The molecule has 0 spiro atoms. The van der Waals surface area contributed by atoms with Crippen LogP contribution < -0.4 is 0 Å². The number of rotatable bonds is 2. The summed E-state index contributed by atoms with van der Waals surface area (Å²) in [5.41, 5.74) is 0.927. The molecule has 0 unspecified atom stereocenters. The van der Waals surface area contributed by atoms with Crippen LogP contribution >= 0.6 is 0 Å². The fourth-order valence-corrected chi connectivity index (χ4v) is 3.61. The van der Waals surface area contributed by atoms with Crippen LogP contribution in [0.5, 0.6) is 0 Å². The first-order chi connectivity index (χ1) is 11.6. The van der Waals surface area contributed by atoms with Gasteiger partial charge in [-0.2, -0.15) is 0 Å². The van der Waals surface area contributed by atoms with Crippen molar-refractivity contribution in [1.82, 2.24) is 9.80 Å². The summed E-state index contributed by atoms with van der Waals surface area (Å²) < 4.78 is 13.7. The predicted molar refractivity (Wildman–Crippen MR) is 90.2 cm³/mol. The van der Waals surface area contributed by atoms with E-state index in [4.69, 9.17) is 0 Å². The molecule has 2 aliphatic rings. The molecule has 2 fully saturated rings. The highest BCUT2D eigenvalue weighted by Crippen LogP contribution is 2.23. The third kappa shape index (κ3) is 3.60. The van der Waals surface area contributed by atoms with Crippen LogP contribution in [0.25, 0.3) is 0 Å². The van der Waals surface area contributed by atoms with E-state index in [1.54, 1.807) is 24.0 Å². The molecule has 0 atom stereocenters. The van der Waals surface area contributed by atoms with Crippen LogP contribution in [-0.2, 0) is 4.79 Å². The molecule has 4 nitrogen and oxygen atoms in total. The monoisotopic (exact) mass is 332 g/mol. The van der Waals surface area contributed by atoms with Gasteiger partial charge in [-0.25, -0.2) is 4.39 Å². The van der Waals surface area contributed by atoms with Crippen molar-refractivity contribution < 1.29 is 14.0 Å². The van der Waals surface area contributed by atoms with E-state index in [2.05, 4.69) is 0 Å². The number of hydrogen-bond acceptors (Lipinski definition) is 2. The third-order valence-corrected chi connectivity index (χ3v) is 5.22. The van der Waals surface area contributed by atoms with E-state index in [9.17, 15) is 14.0 Å². The molecule has 0 bridgehead atoms. The van der Waals surface area contributed by atoms with Crippen LogP contribution in [0.2, 0.25) is 0 Å². The van der Waals surface area contributed by atoms with Gasteiger partial charge in [0.25, 0.3) is 5.91 Å². The molecule has 2 amide bonds. The lowest BCUT2D eigenvalue weighted by molar-refractivity contribution is -0.137. The van der Waals surface area contributed by atoms with Gasteiger partial charge in [0.2, 0.25) is 5.91 Å². The Bertz CT molecular complexity index is 618. The van der Waals surface area contributed by atoms with Gasteiger partial charge in [-0.05, 0) is 56.7 Å². The molecule has 5 heteroatoms. The van der Waals surface area contributed by atoms with Gasteiger partial charge in [0.05, 0.1) is 0 Å². The van der Waals surface area contributed by atoms with Crippen molar-refractivity contribution in [3.63, 3.8) is 0 Å². The van der Waals surface area contributed by atoms with E-state index < -0.39 is 0 Å². The minimum Gasteiger partial charge on any atom is -0.342 e. The first kappa shape index (κ1) is 16.9. The maximum atomic E-state index is 13.7. The zero-order valence-electron chi connectivity index (χ0n) is 14.3.